The predicted octanol–water partition coefficient (Wildman–Crippen LogP) is 1.56. The molecular formula is C14H22N2O4S. The van der Waals surface area contributed by atoms with Gasteiger partial charge in [-0.15, -0.1) is 0 Å². The highest BCUT2D eigenvalue weighted by Crippen LogP contribution is 2.36. The van der Waals surface area contributed by atoms with Crippen molar-refractivity contribution >= 4 is 10.2 Å². The van der Waals surface area contributed by atoms with E-state index >= 15 is 0 Å². The molecule has 0 unspecified atom stereocenters. The van der Waals surface area contributed by atoms with Gasteiger partial charge in [0.25, 0.3) is 10.2 Å². The van der Waals surface area contributed by atoms with Crippen LogP contribution in [-0.2, 0) is 21.4 Å². The molecule has 1 aromatic heterocycles. The Morgan fingerprint density at radius 3 is 2.67 bits per heavy atom. The molecule has 118 valence electrons. The van der Waals surface area contributed by atoms with Crippen LogP contribution in [0, 0.1) is 0 Å². The summed E-state index contributed by atoms with van der Waals surface area (Å²) in [6.07, 6.45) is 2.51. The van der Waals surface area contributed by atoms with Crippen LogP contribution < -0.4 is 0 Å². The monoisotopic (exact) mass is 314 g/mol. The Labute approximate surface area is 125 Å². The van der Waals surface area contributed by atoms with Gasteiger partial charge in [0.2, 0.25) is 0 Å². The third-order valence-corrected chi connectivity index (χ3v) is 6.20. The SMILES string of the molecule is CCc1ccc([C@@H]2CCCN2S(=O)(=O)N2CCOCC2)o1. The largest absolute Gasteiger partial charge is 0.464 e. The molecule has 2 aliphatic heterocycles. The van der Waals surface area contributed by atoms with Crippen molar-refractivity contribution in [2.24, 2.45) is 0 Å². The van der Waals surface area contributed by atoms with Gasteiger partial charge in [-0.05, 0) is 25.0 Å². The highest BCUT2D eigenvalue weighted by molar-refractivity contribution is 7.86. The molecule has 7 heteroatoms. The zero-order valence-corrected chi connectivity index (χ0v) is 13.1. The van der Waals surface area contributed by atoms with E-state index in [9.17, 15) is 8.42 Å². The van der Waals surface area contributed by atoms with Crippen molar-refractivity contribution in [3.05, 3.63) is 23.7 Å². The van der Waals surface area contributed by atoms with E-state index in [-0.39, 0.29) is 6.04 Å². The first-order valence-electron chi connectivity index (χ1n) is 7.56. The molecule has 6 nitrogen and oxygen atoms in total. The second kappa shape index (κ2) is 6.08. The molecule has 0 N–H and O–H groups in total. The predicted molar refractivity (Wildman–Crippen MR) is 78.1 cm³/mol. The highest BCUT2D eigenvalue weighted by Gasteiger charge is 2.40. The van der Waals surface area contributed by atoms with E-state index in [1.807, 2.05) is 19.1 Å². The molecule has 0 aromatic carbocycles. The maximum atomic E-state index is 12.8. The zero-order chi connectivity index (χ0) is 14.9. The van der Waals surface area contributed by atoms with Crippen molar-refractivity contribution in [2.75, 3.05) is 32.8 Å². The molecule has 0 amide bonds. The fourth-order valence-electron chi connectivity index (χ4n) is 2.99. The lowest BCUT2D eigenvalue weighted by atomic mass is 10.2. The summed E-state index contributed by atoms with van der Waals surface area (Å²) in [6, 6.07) is 3.68. The molecule has 2 fully saturated rings. The topological polar surface area (TPSA) is 63.0 Å². The molecule has 3 rings (SSSR count). The van der Waals surface area contributed by atoms with Crippen LogP contribution in [0.3, 0.4) is 0 Å². The summed E-state index contributed by atoms with van der Waals surface area (Å²) in [6.45, 7) is 4.40. The van der Waals surface area contributed by atoms with E-state index < -0.39 is 10.2 Å². The van der Waals surface area contributed by atoms with Gasteiger partial charge in [-0.3, -0.25) is 0 Å². The smallest absolute Gasteiger partial charge is 0.282 e. The van der Waals surface area contributed by atoms with Gasteiger partial charge in [0.1, 0.15) is 11.5 Å². The summed E-state index contributed by atoms with van der Waals surface area (Å²) in [5.74, 6) is 1.67. The fraction of sp³-hybridized carbons (Fsp3) is 0.714. The van der Waals surface area contributed by atoms with Crippen LogP contribution >= 0.6 is 0 Å². The second-order valence-corrected chi connectivity index (χ2v) is 7.33. The van der Waals surface area contributed by atoms with Gasteiger partial charge in [-0.1, -0.05) is 6.92 Å². The molecule has 2 aliphatic rings. The molecule has 0 bridgehead atoms. The zero-order valence-electron chi connectivity index (χ0n) is 12.3. The van der Waals surface area contributed by atoms with E-state index in [2.05, 4.69) is 0 Å². The second-order valence-electron chi connectivity index (χ2n) is 5.45. The minimum atomic E-state index is -3.43. The number of ether oxygens (including phenoxy) is 1. The molecule has 21 heavy (non-hydrogen) atoms. The van der Waals surface area contributed by atoms with Gasteiger partial charge in [-0.2, -0.15) is 17.0 Å². The summed E-state index contributed by atoms with van der Waals surface area (Å²) >= 11 is 0. The number of nitrogens with zero attached hydrogens (tertiary/aromatic N) is 2. The first kappa shape index (κ1) is 15.0. The van der Waals surface area contributed by atoms with Gasteiger partial charge in [0, 0.05) is 26.1 Å². The van der Waals surface area contributed by atoms with Gasteiger partial charge in [0.05, 0.1) is 19.3 Å². The lowest BCUT2D eigenvalue weighted by molar-refractivity contribution is 0.0697. The molecule has 0 spiro atoms. The summed E-state index contributed by atoms with van der Waals surface area (Å²) in [7, 11) is -3.43. The third kappa shape index (κ3) is 2.88. The summed E-state index contributed by atoms with van der Waals surface area (Å²) < 4.78 is 39.7. The first-order chi connectivity index (χ1) is 10.1. The van der Waals surface area contributed by atoms with Crippen molar-refractivity contribution in [3.8, 4) is 0 Å². The van der Waals surface area contributed by atoms with Crippen LogP contribution in [0.15, 0.2) is 16.5 Å². The number of hydrogen-bond donors (Lipinski definition) is 0. The number of rotatable bonds is 4. The quantitative estimate of drug-likeness (QED) is 0.846. The molecule has 2 saturated heterocycles. The minimum Gasteiger partial charge on any atom is -0.464 e. The molecule has 3 heterocycles. The number of hydrogen-bond acceptors (Lipinski definition) is 4. The molecular weight excluding hydrogens is 292 g/mol. The van der Waals surface area contributed by atoms with E-state index in [4.69, 9.17) is 9.15 Å². The standard InChI is InChI=1S/C14H22N2O4S/c1-2-12-5-6-14(20-12)13-4-3-7-16(13)21(17,18)15-8-10-19-11-9-15/h5-6,13H,2-4,7-11H2,1H3/t13-/m0/s1. The average molecular weight is 314 g/mol. The first-order valence-corrected chi connectivity index (χ1v) is 8.96. The normalized spacial score (nSPS) is 25.5. The lowest BCUT2D eigenvalue weighted by Gasteiger charge is -2.32. The fourth-order valence-corrected chi connectivity index (χ4v) is 4.79. The molecule has 0 saturated carbocycles. The van der Waals surface area contributed by atoms with Gasteiger partial charge in [-0.25, -0.2) is 0 Å². The van der Waals surface area contributed by atoms with Crippen molar-refractivity contribution < 1.29 is 17.6 Å². The molecule has 0 aliphatic carbocycles. The summed E-state index contributed by atoms with van der Waals surface area (Å²) in [5.41, 5.74) is 0. The van der Waals surface area contributed by atoms with Crippen LogP contribution in [0.4, 0.5) is 0 Å². The van der Waals surface area contributed by atoms with Crippen molar-refractivity contribution in [2.45, 2.75) is 32.2 Å². The summed E-state index contributed by atoms with van der Waals surface area (Å²) in [4.78, 5) is 0. The van der Waals surface area contributed by atoms with Crippen LogP contribution in [-0.4, -0.2) is 49.9 Å². The van der Waals surface area contributed by atoms with Gasteiger partial charge in [0.15, 0.2) is 0 Å². The Bertz CT molecular complexity index is 578. The van der Waals surface area contributed by atoms with Crippen LogP contribution in [0.1, 0.15) is 37.3 Å². The molecule has 1 atom stereocenters. The lowest BCUT2D eigenvalue weighted by Crippen LogP contribution is -2.48. The molecule has 0 radical (unpaired) electrons. The maximum Gasteiger partial charge on any atom is 0.282 e. The van der Waals surface area contributed by atoms with Crippen LogP contribution in [0.2, 0.25) is 0 Å². The van der Waals surface area contributed by atoms with Crippen LogP contribution in [0.25, 0.3) is 0 Å². The van der Waals surface area contributed by atoms with Crippen molar-refractivity contribution in [3.63, 3.8) is 0 Å². The number of furan rings is 1. The Morgan fingerprint density at radius 1 is 1.24 bits per heavy atom. The van der Waals surface area contributed by atoms with Crippen molar-refractivity contribution in [1.29, 1.82) is 0 Å². The van der Waals surface area contributed by atoms with Crippen molar-refractivity contribution in [1.82, 2.24) is 8.61 Å². The Morgan fingerprint density at radius 2 is 2.00 bits per heavy atom. The number of aryl methyl sites for hydroxylation is 1. The van der Waals surface area contributed by atoms with E-state index in [0.717, 1.165) is 30.8 Å². The van der Waals surface area contributed by atoms with Gasteiger partial charge < -0.3 is 9.15 Å². The number of morpholine rings is 1. The third-order valence-electron chi connectivity index (χ3n) is 4.16. The highest BCUT2D eigenvalue weighted by atomic mass is 32.2. The van der Waals surface area contributed by atoms with E-state index in [0.29, 0.717) is 32.8 Å². The Kier molecular flexibility index (Phi) is 4.35. The average Bonchev–Trinajstić information content (AvgIpc) is 3.16. The minimum absolute atomic E-state index is 0.168. The molecule has 1 aromatic rings. The van der Waals surface area contributed by atoms with E-state index in [1.54, 1.807) is 4.31 Å². The van der Waals surface area contributed by atoms with Crippen LogP contribution in [0.5, 0.6) is 0 Å². The van der Waals surface area contributed by atoms with Gasteiger partial charge >= 0.3 is 0 Å². The van der Waals surface area contributed by atoms with E-state index in [1.165, 1.54) is 4.31 Å². The Balaban J connectivity index is 1.82. The maximum absolute atomic E-state index is 12.8. The Hall–Kier alpha value is -0.890. The summed E-state index contributed by atoms with van der Waals surface area (Å²) in [5, 5.41) is 0.